The van der Waals surface area contributed by atoms with Crippen LogP contribution >= 0.6 is 0 Å². The van der Waals surface area contributed by atoms with Gasteiger partial charge in [-0.1, -0.05) is 19.3 Å². The SMILES string of the molecule is NC(=O)c1ncccc1OCC1CCCN1C(=O)C1CCCCC1. The molecule has 2 N–H and O–H groups in total. The summed E-state index contributed by atoms with van der Waals surface area (Å²) in [6.07, 6.45) is 9.03. The van der Waals surface area contributed by atoms with E-state index < -0.39 is 5.91 Å². The van der Waals surface area contributed by atoms with E-state index in [2.05, 4.69) is 4.98 Å². The minimum absolute atomic E-state index is 0.0698. The number of primary amides is 1. The van der Waals surface area contributed by atoms with Gasteiger partial charge in [-0.2, -0.15) is 0 Å². The maximum absolute atomic E-state index is 12.8. The molecule has 1 aliphatic heterocycles. The summed E-state index contributed by atoms with van der Waals surface area (Å²) in [6.45, 7) is 1.18. The van der Waals surface area contributed by atoms with E-state index >= 15 is 0 Å². The highest BCUT2D eigenvalue weighted by Gasteiger charge is 2.34. The molecule has 0 aromatic carbocycles. The molecule has 1 atom stereocenters. The lowest BCUT2D eigenvalue weighted by Crippen LogP contribution is -2.42. The highest BCUT2D eigenvalue weighted by molar-refractivity contribution is 5.93. The summed E-state index contributed by atoms with van der Waals surface area (Å²) in [7, 11) is 0. The number of ether oxygens (including phenoxy) is 1. The van der Waals surface area contributed by atoms with Crippen molar-refractivity contribution in [2.75, 3.05) is 13.2 Å². The molecular weight excluding hydrogens is 306 g/mol. The third-order valence-electron chi connectivity index (χ3n) is 5.05. The van der Waals surface area contributed by atoms with E-state index in [1.807, 2.05) is 4.90 Å². The number of amides is 2. The topological polar surface area (TPSA) is 85.5 Å². The second kappa shape index (κ2) is 7.64. The fourth-order valence-corrected chi connectivity index (χ4v) is 3.76. The number of pyridine rings is 1. The van der Waals surface area contributed by atoms with Gasteiger partial charge in [-0.15, -0.1) is 0 Å². The zero-order valence-corrected chi connectivity index (χ0v) is 13.9. The summed E-state index contributed by atoms with van der Waals surface area (Å²) in [4.78, 5) is 30.1. The van der Waals surface area contributed by atoms with Crippen molar-refractivity contribution in [1.82, 2.24) is 9.88 Å². The van der Waals surface area contributed by atoms with Crippen LogP contribution in [0.15, 0.2) is 18.3 Å². The first-order valence-electron chi connectivity index (χ1n) is 8.85. The molecule has 130 valence electrons. The van der Waals surface area contributed by atoms with Gasteiger partial charge in [0.1, 0.15) is 6.61 Å². The van der Waals surface area contributed by atoms with E-state index in [1.165, 1.54) is 12.6 Å². The minimum Gasteiger partial charge on any atom is -0.489 e. The van der Waals surface area contributed by atoms with E-state index in [-0.39, 0.29) is 23.6 Å². The molecule has 2 fully saturated rings. The molecule has 0 spiro atoms. The number of nitrogens with two attached hydrogens (primary N) is 1. The lowest BCUT2D eigenvalue weighted by Gasteiger charge is -2.30. The summed E-state index contributed by atoms with van der Waals surface area (Å²) in [5, 5.41) is 0. The fraction of sp³-hybridized carbons (Fsp3) is 0.611. The van der Waals surface area contributed by atoms with E-state index in [9.17, 15) is 9.59 Å². The van der Waals surface area contributed by atoms with Gasteiger partial charge < -0.3 is 15.4 Å². The van der Waals surface area contributed by atoms with Crippen molar-refractivity contribution < 1.29 is 14.3 Å². The van der Waals surface area contributed by atoms with Gasteiger partial charge in [0, 0.05) is 18.7 Å². The molecular formula is C18H25N3O3. The Labute approximate surface area is 142 Å². The van der Waals surface area contributed by atoms with Crippen LogP contribution in [0.4, 0.5) is 0 Å². The molecule has 1 aliphatic carbocycles. The van der Waals surface area contributed by atoms with Crippen molar-refractivity contribution in [3.05, 3.63) is 24.0 Å². The Morgan fingerprint density at radius 2 is 2.00 bits per heavy atom. The lowest BCUT2D eigenvalue weighted by molar-refractivity contribution is -0.137. The number of hydrogen-bond acceptors (Lipinski definition) is 4. The van der Waals surface area contributed by atoms with Crippen LogP contribution < -0.4 is 10.5 Å². The number of likely N-dealkylation sites (tertiary alicyclic amines) is 1. The Balaban J connectivity index is 1.62. The highest BCUT2D eigenvalue weighted by atomic mass is 16.5. The third-order valence-corrected chi connectivity index (χ3v) is 5.05. The second-order valence-electron chi connectivity index (χ2n) is 6.69. The molecule has 1 saturated carbocycles. The van der Waals surface area contributed by atoms with Crippen LogP contribution in [0.25, 0.3) is 0 Å². The molecule has 1 saturated heterocycles. The predicted molar refractivity (Wildman–Crippen MR) is 89.6 cm³/mol. The monoisotopic (exact) mass is 331 g/mol. The molecule has 2 amide bonds. The maximum Gasteiger partial charge on any atom is 0.271 e. The second-order valence-corrected chi connectivity index (χ2v) is 6.69. The zero-order chi connectivity index (χ0) is 16.9. The number of carbonyl (C=O) groups is 2. The Kier molecular flexibility index (Phi) is 5.33. The average molecular weight is 331 g/mol. The minimum atomic E-state index is -0.604. The normalized spacial score (nSPS) is 21.7. The zero-order valence-electron chi connectivity index (χ0n) is 13.9. The van der Waals surface area contributed by atoms with E-state index in [0.29, 0.717) is 12.4 Å². The van der Waals surface area contributed by atoms with Gasteiger partial charge >= 0.3 is 0 Å². The average Bonchev–Trinajstić information content (AvgIpc) is 3.08. The maximum atomic E-state index is 12.8. The fourth-order valence-electron chi connectivity index (χ4n) is 3.76. The number of rotatable bonds is 5. The Hall–Kier alpha value is -2.11. The predicted octanol–water partition coefficient (Wildman–Crippen LogP) is 2.13. The molecule has 2 aliphatic rings. The van der Waals surface area contributed by atoms with Crippen molar-refractivity contribution in [3.63, 3.8) is 0 Å². The van der Waals surface area contributed by atoms with Crippen LogP contribution in [-0.2, 0) is 4.79 Å². The first-order chi connectivity index (χ1) is 11.7. The molecule has 6 nitrogen and oxygen atoms in total. The summed E-state index contributed by atoms with van der Waals surface area (Å²) in [5.74, 6) is 0.246. The standard InChI is InChI=1S/C18H25N3O3/c19-17(22)16-15(9-4-10-20-16)24-12-14-8-5-11-21(14)18(23)13-6-2-1-3-7-13/h4,9-10,13-14H,1-3,5-8,11-12H2,(H2,19,22). The van der Waals surface area contributed by atoms with Crippen molar-refractivity contribution in [2.45, 2.75) is 51.0 Å². The van der Waals surface area contributed by atoms with Crippen LogP contribution in [0.3, 0.4) is 0 Å². The number of carbonyl (C=O) groups excluding carboxylic acids is 2. The molecule has 2 heterocycles. The molecule has 1 unspecified atom stereocenters. The lowest BCUT2D eigenvalue weighted by atomic mass is 9.88. The van der Waals surface area contributed by atoms with E-state index in [1.54, 1.807) is 12.1 Å². The van der Waals surface area contributed by atoms with Crippen LogP contribution in [0, 0.1) is 5.92 Å². The first kappa shape index (κ1) is 16.7. The number of nitrogens with zero attached hydrogens (tertiary/aromatic N) is 2. The summed E-state index contributed by atoms with van der Waals surface area (Å²) >= 11 is 0. The summed E-state index contributed by atoms with van der Waals surface area (Å²) in [6, 6.07) is 3.47. The molecule has 1 aromatic rings. The van der Waals surface area contributed by atoms with Gasteiger partial charge in [-0.25, -0.2) is 4.98 Å². The Morgan fingerprint density at radius 3 is 2.75 bits per heavy atom. The van der Waals surface area contributed by atoms with Gasteiger partial charge in [0.15, 0.2) is 11.4 Å². The van der Waals surface area contributed by atoms with Crippen molar-refractivity contribution in [1.29, 1.82) is 0 Å². The third kappa shape index (κ3) is 3.68. The molecule has 1 aromatic heterocycles. The molecule has 24 heavy (non-hydrogen) atoms. The first-order valence-corrected chi connectivity index (χ1v) is 8.85. The van der Waals surface area contributed by atoms with Gasteiger partial charge in [-0.3, -0.25) is 9.59 Å². The van der Waals surface area contributed by atoms with Crippen LogP contribution in [-0.4, -0.2) is 40.9 Å². The van der Waals surface area contributed by atoms with Crippen LogP contribution in [0.2, 0.25) is 0 Å². The molecule has 3 rings (SSSR count). The van der Waals surface area contributed by atoms with Crippen molar-refractivity contribution >= 4 is 11.8 Å². The van der Waals surface area contributed by atoms with Gasteiger partial charge in [0.2, 0.25) is 5.91 Å². The molecule has 6 heteroatoms. The Bertz CT molecular complexity index is 599. The number of aromatic nitrogens is 1. The highest BCUT2D eigenvalue weighted by Crippen LogP contribution is 2.29. The summed E-state index contributed by atoms with van der Waals surface area (Å²) < 4.78 is 5.79. The van der Waals surface area contributed by atoms with Crippen LogP contribution in [0.1, 0.15) is 55.4 Å². The van der Waals surface area contributed by atoms with E-state index in [0.717, 1.165) is 45.1 Å². The van der Waals surface area contributed by atoms with Crippen molar-refractivity contribution in [2.24, 2.45) is 11.7 Å². The largest absolute Gasteiger partial charge is 0.489 e. The summed E-state index contributed by atoms with van der Waals surface area (Å²) in [5.41, 5.74) is 5.46. The quantitative estimate of drug-likeness (QED) is 0.895. The van der Waals surface area contributed by atoms with E-state index in [4.69, 9.17) is 10.5 Å². The molecule has 0 radical (unpaired) electrons. The number of hydrogen-bond donors (Lipinski definition) is 1. The van der Waals surface area contributed by atoms with Gasteiger partial charge in [-0.05, 0) is 37.8 Å². The molecule has 0 bridgehead atoms. The van der Waals surface area contributed by atoms with Gasteiger partial charge in [0.05, 0.1) is 6.04 Å². The van der Waals surface area contributed by atoms with Crippen LogP contribution in [0.5, 0.6) is 5.75 Å². The Morgan fingerprint density at radius 1 is 1.21 bits per heavy atom. The smallest absolute Gasteiger partial charge is 0.271 e. The van der Waals surface area contributed by atoms with Gasteiger partial charge in [0.25, 0.3) is 5.91 Å². The van der Waals surface area contributed by atoms with Crippen molar-refractivity contribution in [3.8, 4) is 5.75 Å².